The summed E-state index contributed by atoms with van der Waals surface area (Å²) >= 11 is 1.80. The van der Waals surface area contributed by atoms with Gasteiger partial charge in [-0.25, -0.2) is 9.97 Å². The van der Waals surface area contributed by atoms with E-state index in [4.69, 9.17) is 14.7 Å². The summed E-state index contributed by atoms with van der Waals surface area (Å²) < 4.78 is 7.60. The maximum atomic E-state index is 5.49. The summed E-state index contributed by atoms with van der Waals surface area (Å²) in [6, 6.07) is 2.49. The molecule has 0 radical (unpaired) electrons. The van der Waals surface area contributed by atoms with Crippen LogP contribution in [-0.2, 0) is 11.3 Å². The van der Waals surface area contributed by atoms with Gasteiger partial charge in [-0.3, -0.25) is 9.58 Å². The highest BCUT2D eigenvalue weighted by atomic mass is 32.1. The van der Waals surface area contributed by atoms with Gasteiger partial charge in [-0.2, -0.15) is 5.10 Å². The van der Waals surface area contributed by atoms with Crippen molar-refractivity contribution in [3.05, 3.63) is 34.7 Å². The lowest BCUT2D eigenvalue weighted by atomic mass is 10.0. The van der Waals surface area contributed by atoms with Gasteiger partial charge in [-0.15, -0.1) is 11.3 Å². The molecule has 0 aliphatic carbocycles. The molecule has 29 heavy (non-hydrogen) atoms. The van der Waals surface area contributed by atoms with Gasteiger partial charge in [0.05, 0.1) is 31.2 Å². The largest absolute Gasteiger partial charge is 0.379 e. The first-order chi connectivity index (χ1) is 14.2. The first kappa shape index (κ1) is 19.0. The van der Waals surface area contributed by atoms with Gasteiger partial charge >= 0.3 is 0 Å². The molecule has 2 fully saturated rings. The van der Waals surface area contributed by atoms with Crippen LogP contribution in [0.2, 0.25) is 0 Å². The van der Waals surface area contributed by atoms with Gasteiger partial charge < -0.3 is 9.64 Å². The zero-order chi connectivity index (χ0) is 19.8. The third kappa shape index (κ3) is 3.76. The van der Waals surface area contributed by atoms with Crippen molar-refractivity contribution in [3.8, 4) is 0 Å². The standard InChI is InChI=1S/C21H28N6OS/c1-15-16(2)29-21-19(15)20(23-18(24-21)14-25-10-12-28-13-11-25)26-8-4-17(5-9-26)27-7-3-6-22-27/h3,6-7,17H,4-5,8-14H2,1-2H3. The predicted molar refractivity (Wildman–Crippen MR) is 116 cm³/mol. The number of rotatable bonds is 4. The fourth-order valence-corrected chi connectivity index (χ4v) is 5.41. The topological polar surface area (TPSA) is 59.3 Å². The Bertz CT molecular complexity index is 971. The van der Waals surface area contributed by atoms with Crippen LogP contribution < -0.4 is 4.90 Å². The van der Waals surface area contributed by atoms with Crippen molar-refractivity contribution >= 4 is 27.4 Å². The zero-order valence-electron chi connectivity index (χ0n) is 17.2. The van der Waals surface area contributed by atoms with Crippen LogP contribution in [-0.4, -0.2) is 64.0 Å². The lowest BCUT2D eigenvalue weighted by Crippen LogP contribution is -2.37. The summed E-state index contributed by atoms with van der Waals surface area (Å²) in [6.45, 7) is 10.7. The Balaban J connectivity index is 1.43. The number of hydrogen-bond donors (Lipinski definition) is 0. The Morgan fingerprint density at radius 2 is 1.90 bits per heavy atom. The average molecular weight is 413 g/mol. The van der Waals surface area contributed by atoms with E-state index in [0.717, 1.165) is 75.3 Å². The average Bonchev–Trinajstić information content (AvgIpc) is 3.37. The molecule has 0 unspecified atom stereocenters. The molecule has 0 spiro atoms. The van der Waals surface area contributed by atoms with E-state index in [0.29, 0.717) is 6.04 Å². The number of piperidine rings is 1. The van der Waals surface area contributed by atoms with Crippen LogP contribution in [0.4, 0.5) is 5.82 Å². The zero-order valence-corrected chi connectivity index (χ0v) is 18.0. The quantitative estimate of drug-likeness (QED) is 0.656. The van der Waals surface area contributed by atoms with Crippen molar-refractivity contribution in [2.75, 3.05) is 44.3 Å². The fraction of sp³-hybridized carbons (Fsp3) is 0.571. The van der Waals surface area contributed by atoms with Crippen LogP contribution >= 0.6 is 11.3 Å². The van der Waals surface area contributed by atoms with E-state index in [1.165, 1.54) is 15.8 Å². The summed E-state index contributed by atoms with van der Waals surface area (Å²) in [5.74, 6) is 2.06. The van der Waals surface area contributed by atoms with Crippen LogP contribution in [0.25, 0.3) is 10.2 Å². The summed E-state index contributed by atoms with van der Waals surface area (Å²) in [5, 5.41) is 5.69. The highest BCUT2D eigenvalue weighted by molar-refractivity contribution is 7.18. The minimum Gasteiger partial charge on any atom is -0.379 e. The molecule has 3 aromatic heterocycles. The molecule has 0 N–H and O–H groups in total. The second kappa shape index (κ2) is 8.01. The third-order valence-corrected chi connectivity index (χ3v) is 7.29. The van der Waals surface area contributed by atoms with Gasteiger partial charge in [0.2, 0.25) is 0 Å². The van der Waals surface area contributed by atoms with Gasteiger partial charge in [0, 0.05) is 43.4 Å². The van der Waals surface area contributed by atoms with Crippen LogP contribution in [0.5, 0.6) is 0 Å². The van der Waals surface area contributed by atoms with Crippen molar-refractivity contribution in [1.82, 2.24) is 24.6 Å². The molecule has 7 nitrogen and oxygen atoms in total. The molecule has 8 heteroatoms. The fourth-order valence-electron chi connectivity index (χ4n) is 4.37. The monoisotopic (exact) mass is 412 g/mol. The SMILES string of the molecule is Cc1sc2nc(CN3CCOCC3)nc(N3CCC(n4cccn4)CC3)c2c1C. The Morgan fingerprint density at radius 1 is 1.10 bits per heavy atom. The number of aromatic nitrogens is 4. The molecule has 5 rings (SSSR count). The number of morpholine rings is 1. The van der Waals surface area contributed by atoms with Gasteiger partial charge in [-0.1, -0.05) is 0 Å². The van der Waals surface area contributed by atoms with Gasteiger partial charge in [-0.05, 0) is 38.3 Å². The van der Waals surface area contributed by atoms with Crippen molar-refractivity contribution < 1.29 is 4.74 Å². The molecule has 0 aromatic carbocycles. The maximum absolute atomic E-state index is 5.49. The summed E-state index contributed by atoms with van der Waals surface area (Å²) in [5.41, 5.74) is 1.33. The molecule has 0 atom stereocenters. The number of nitrogens with zero attached hydrogens (tertiary/aromatic N) is 6. The van der Waals surface area contributed by atoms with Crippen LogP contribution in [0.15, 0.2) is 18.5 Å². The number of ether oxygens (including phenoxy) is 1. The molecule has 2 saturated heterocycles. The number of thiophene rings is 1. The first-order valence-electron chi connectivity index (χ1n) is 10.5. The molecule has 154 valence electrons. The highest BCUT2D eigenvalue weighted by Gasteiger charge is 2.26. The van der Waals surface area contributed by atoms with E-state index in [2.05, 4.69) is 39.6 Å². The van der Waals surface area contributed by atoms with Crippen LogP contribution in [0.1, 0.15) is 35.1 Å². The summed E-state index contributed by atoms with van der Waals surface area (Å²) in [4.78, 5) is 17.4. The van der Waals surface area contributed by atoms with Gasteiger partial charge in [0.15, 0.2) is 0 Å². The molecule has 0 bridgehead atoms. The molecule has 0 amide bonds. The molecule has 5 heterocycles. The second-order valence-corrected chi connectivity index (χ2v) is 9.22. The van der Waals surface area contributed by atoms with E-state index in [9.17, 15) is 0 Å². The minimum absolute atomic E-state index is 0.483. The molecular weight excluding hydrogens is 384 g/mol. The molecule has 2 aliphatic rings. The van der Waals surface area contributed by atoms with Crippen molar-refractivity contribution in [1.29, 1.82) is 0 Å². The Labute approximate surface area is 175 Å². The molecule has 2 aliphatic heterocycles. The predicted octanol–water partition coefficient (Wildman–Crippen LogP) is 3.18. The highest BCUT2D eigenvalue weighted by Crippen LogP contribution is 2.37. The smallest absolute Gasteiger partial charge is 0.146 e. The van der Waals surface area contributed by atoms with Crippen molar-refractivity contribution in [2.45, 2.75) is 39.3 Å². The number of anilines is 1. The Morgan fingerprint density at radius 3 is 2.62 bits per heavy atom. The molecule has 0 saturated carbocycles. The van der Waals surface area contributed by atoms with Crippen molar-refractivity contribution in [3.63, 3.8) is 0 Å². The second-order valence-electron chi connectivity index (χ2n) is 8.02. The Hall–Kier alpha value is -2.03. The van der Waals surface area contributed by atoms with E-state index < -0.39 is 0 Å². The number of fused-ring (bicyclic) bond motifs is 1. The summed E-state index contributed by atoms with van der Waals surface area (Å²) in [7, 11) is 0. The first-order valence-corrected chi connectivity index (χ1v) is 11.3. The van der Waals surface area contributed by atoms with E-state index >= 15 is 0 Å². The lowest BCUT2D eigenvalue weighted by Gasteiger charge is -2.33. The normalized spacial score (nSPS) is 19.3. The molecule has 3 aromatic rings. The van der Waals surface area contributed by atoms with E-state index in [1.807, 2.05) is 12.3 Å². The van der Waals surface area contributed by atoms with Gasteiger partial charge in [0.1, 0.15) is 16.5 Å². The van der Waals surface area contributed by atoms with E-state index in [1.54, 1.807) is 11.3 Å². The maximum Gasteiger partial charge on any atom is 0.146 e. The van der Waals surface area contributed by atoms with Gasteiger partial charge in [0.25, 0.3) is 0 Å². The number of aryl methyl sites for hydroxylation is 2. The minimum atomic E-state index is 0.483. The van der Waals surface area contributed by atoms with Crippen LogP contribution in [0.3, 0.4) is 0 Å². The lowest BCUT2D eigenvalue weighted by molar-refractivity contribution is 0.0331. The third-order valence-electron chi connectivity index (χ3n) is 6.19. The van der Waals surface area contributed by atoms with Crippen LogP contribution in [0, 0.1) is 13.8 Å². The Kier molecular flexibility index (Phi) is 5.24. The number of hydrogen-bond acceptors (Lipinski definition) is 7. The van der Waals surface area contributed by atoms with Crippen molar-refractivity contribution in [2.24, 2.45) is 0 Å². The van der Waals surface area contributed by atoms with E-state index in [-0.39, 0.29) is 0 Å². The summed E-state index contributed by atoms with van der Waals surface area (Å²) in [6.07, 6.45) is 6.13. The molecular formula is C21H28N6OS.